The Kier molecular flexibility index (Phi) is 5.43. The summed E-state index contributed by atoms with van der Waals surface area (Å²) in [7, 11) is 1.68. The summed E-state index contributed by atoms with van der Waals surface area (Å²) in [5.74, 6) is 0.0571. The number of Topliss-reactive ketones (excluding diaryl/α,β-unsaturated/α-hetero) is 1. The molecule has 0 aromatic rings. The molecule has 176 valence electrons. The van der Waals surface area contributed by atoms with Gasteiger partial charge in [-0.2, -0.15) is 0 Å². The van der Waals surface area contributed by atoms with Gasteiger partial charge in [-0.05, 0) is 48.3 Å². The van der Waals surface area contributed by atoms with Crippen LogP contribution >= 0.6 is 0 Å². The molecule has 0 aromatic heterocycles. The van der Waals surface area contributed by atoms with Crippen LogP contribution in [0.4, 0.5) is 0 Å². The summed E-state index contributed by atoms with van der Waals surface area (Å²) in [6.45, 7) is 10.0. The van der Waals surface area contributed by atoms with E-state index in [1.54, 1.807) is 7.11 Å². The Morgan fingerprint density at radius 2 is 1.77 bits per heavy atom. The third-order valence-corrected chi connectivity index (χ3v) is 10.9. The number of hydrogen-bond donors (Lipinski definition) is 2. The monoisotopic (exact) mass is 436 g/mol. The van der Waals surface area contributed by atoms with Crippen LogP contribution in [0.3, 0.4) is 0 Å². The van der Waals surface area contributed by atoms with Crippen LogP contribution < -0.4 is 0 Å². The van der Waals surface area contributed by atoms with Crippen molar-refractivity contribution in [1.82, 2.24) is 0 Å². The summed E-state index contributed by atoms with van der Waals surface area (Å²) in [6, 6.07) is 0. The van der Waals surface area contributed by atoms with E-state index in [1.165, 1.54) is 6.92 Å². The molecule has 0 radical (unpaired) electrons. The number of fused-ring (bicyclic) bond motifs is 5. The molecule has 10 unspecified atom stereocenters. The van der Waals surface area contributed by atoms with Crippen molar-refractivity contribution in [1.29, 1.82) is 0 Å². The Morgan fingerprint density at radius 1 is 1.10 bits per heavy atom. The summed E-state index contributed by atoms with van der Waals surface area (Å²) in [6.07, 6.45) is 3.24. The SMILES string of the molecule is COC1CC(O)C2(C)C1C(OC(C)=O)CC1C3(C)CCC(=O)C(C)(CO)C3CCC12C. The van der Waals surface area contributed by atoms with Crippen molar-refractivity contribution < 1.29 is 29.3 Å². The third-order valence-electron chi connectivity index (χ3n) is 10.9. The third kappa shape index (κ3) is 2.80. The number of methoxy groups -OCH3 is 1. The number of aliphatic hydroxyl groups is 2. The molecule has 4 rings (SSSR count). The number of hydrogen-bond acceptors (Lipinski definition) is 6. The molecule has 0 amide bonds. The first-order chi connectivity index (χ1) is 14.4. The average Bonchev–Trinajstić information content (AvgIpc) is 2.98. The van der Waals surface area contributed by atoms with Crippen LogP contribution in [-0.2, 0) is 19.1 Å². The molecule has 31 heavy (non-hydrogen) atoms. The molecule has 0 heterocycles. The maximum atomic E-state index is 12.9. The molecule has 2 N–H and O–H groups in total. The number of aliphatic hydroxyl groups excluding tert-OH is 2. The lowest BCUT2D eigenvalue weighted by Gasteiger charge is -2.70. The number of rotatable bonds is 3. The molecule has 10 atom stereocenters. The lowest BCUT2D eigenvalue weighted by molar-refractivity contribution is -0.252. The van der Waals surface area contributed by atoms with Gasteiger partial charge in [-0.1, -0.05) is 27.7 Å². The second-order valence-electron chi connectivity index (χ2n) is 11.8. The molecule has 0 spiro atoms. The fourth-order valence-corrected chi connectivity index (χ4v) is 9.11. The maximum Gasteiger partial charge on any atom is 0.302 e. The zero-order valence-electron chi connectivity index (χ0n) is 19.9. The van der Waals surface area contributed by atoms with E-state index >= 15 is 0 Å². The van der Waals surface area contributed by atoms with E-state index in [0.29, 0.717) is 19.3 Å². The van der Waals surface area contributed by atoms with Crippen LogP contribution in [0, 0.1) is 39.4 Å². The van der Waals surface area contributed by atoms with Crippen molar-refractivity contribution >= 4 is 11.8 Å². The zero-order chi connectivity index (χ0) is 23.0. The summed E-state index contributed by atoms with van der Waals surface area (Å²) in [5.41, 5.74) is -1.53. The first-order valence-corrected chi connectivity index (χ1v) is 11.9. The van der Waals surface area contributed by atoms with Gasteiger partial charge in [0.05, 0.1) is 24.2 Å². The lowest BCUT2D eigenvalue weighted by atomic mass is 9.35. The molecule has 6 nitrogen and oxygen atoms in total. The van der Waals surface area contributed by atoms with Gasteiger partial charge in [0.25, 0.3) is 0 Å². The molecule has 4 aliphatic rings. The minimum atomic E-state index is -0.730. The molecule has 6 heteroatoms. The topological polar surface area (TPSA) is 93.1 Å². The zero-order valence-corrected chi connectivity index (χ0v) is 19.9. The quantitative estimate of drug-likeness (QED) is 0.661. The molecule has 0 aromatic carbocycles. The minimum absolute atomic E-state index is 0.0627. The Hall–Kier alpha value is -0.980. The van der Waals surface area contributed by atoms with Crippen LogP contribution in [0.1, 0.15) is 73.1 Å². The molecule has 4 aliphatic carbocycles. The van der Waals surface area contributed by atoms with Crippen molar-refractivity contribution in [2.75, 3.05) is 13.7 Å². The fourth-order valence-electron chi connectivity index (χ4n) is 9.11. The summed E-state index contributed by atoms with van der Waals surface area (Å²) < 4.78 is 11.7. The number of ether oxygens (including phenoxy) is 2. The molecule has 0 bridgehead atoms. The highest BCUT2D eigenvalue weighted by Gasteiger charge is 2.73. The number of esters is 1. The van der Waals surface area contributed by atoms with Gasteiger partial charge in [-0.3, -0.25) is 9.59 Å². The van der Waals surface area contributed by atoms with Crippen LogP contribution in [-0.4, -0.2) is 54.0 Å². The van der Waals surface area contributed by atoms with Crippen molar-refractivity contribution in [3.05, 3.63) is 0 Å². The molecule has 4 saturated carbocycles. The van der Waals surface area contributed by atoms with Gasteiger partial charge in [0.2, 0.25) is 0 Å². The van der Waals surface area contributed by atoms with Crippen LogP contribution in [0.5, 0.6) is 0 Å². The van der Waals surface area contributed by atoms with Crippen molar-refractivity contribution in [3.8, 4) is 0 Å². The van der Waals surface area contributed by atoms with Gasteiger partial charge in [0.1, 0.15) is 11.9 Å². The maximum absolute atomic E-state index is 12.9. The Labute approximate surface area is 186 Å². The van der Waals surface area contributed by atoms with Gasteiger partial charge >= 0.3 is 5.97 Å². The lowest BCUT2D eigenvalue weighted by Crippen LogP contribution is -2.68. The summed E-state index contributed by atoms with van der Waals surface area (Å²) >= 11 is 0. The van der Waals surface area contributed by atoms with Crippen LogP contribution in [0.25, 0.3) is 0 Å². The number of carbonyl (C=O) groups excluding carboxylic acids is 2. The predicted molar refractivity (Wildman–Crippen MR) is 115 cm³/mol. The fraction of sp³-hybridized carbons (Fsp3) is 0.920. The predicted octanol–water partition coefficient (Wildman–Crippen LogP) is 3.12. The second-order valence-corrected chi connectivity index (χ2v) is 11.8. The van der Waals surface area contributed by atoms with E-state index in [1.807, 2.05) is 6.92 Å². The van der Waals surface area contributed by atoms with Crippen LogP contribution in [0.2, 0.25) is 0 Å². The number of ketones is 1. The highest BCUT2D eigenvalue weighted by Crippen LogP contribution is 2.74. The smallest absolute Gasteiger partial charge is 0.302 e. The van der Waals surface area contributed by atoms with Crippen LogP contribution in [0.15, 0.2) is 0 Å². The average molecular weight is 437 g/mol. The Bertz CT molecular complexity index is 767. The largest absolute Gasteiger partial charge is 0.462 e. The Morgan fingerprint density at radius 3 is 2.35 bits per heavy atom. The van der Waals surface area contributed by atoms with Crippen molar-refractivity contribution in [2.24, 2.45) is 39.4 Å². The summed E-state index contributed by atoms with van der Waals surface area (Å²) in [4.78, 5) is 25.0. The highest BCUT2D eigenvalue weighted by atomic mass is 16.5. The normalized spacial score (nSPS) is 54.0. The van der Waals surface area contributed by atoms with Gasteiger partial charge in [-0.15, -0.1) is 0 Å². The van der Waals surface area contributed by atoms with Gasteiger partial charge < -0.3 is 19.7 Å². The summed E-state index contributed by atoms with van der Waals surface area (Å²) in [5, 5.41) is 21.7. The van der Waals surface area contributed by atoms with E-state index in [2.05, 4.69) is 20.8 Å². The molecular weight excluding hydrogens is 396 g/mol. The molecular formula is C25H40O6. The van der Waals surface area contributed by atoms with E-state index in [4.69, 9.17) is 9.47 Å². The van der Waals surface area contributed by atoms with Gasteiger partial charge in [0, 0.05) is 38.2 Å². The van der Waals surface area contributed by atoms with E-state index in [0.717, 1.165) is 19.3 Å². The minimum Gasteiger partial charge on any atom is -0.462 e. The number of carbonyl (C=O) groups is 2. The second kappa shape index (κ2) is 7.26. The van der Waals surface area contributed by atoms with Gasteiger partial charge in [0.15, 0.2) is 0 Å². The Balaban J connectivity index is 1.84. The van der Waals surface area contributed by atoms with Gasteiger partial charge in [-0.25, -0.2) is 0 Å². The van der Waals surface area contributed by atoms with Crippen molar-refractivity contribution in [3.63, 3.8) is 0 Å². The molecule has 0 aliphatic heterocycles. The first kappa shape index (κ1) is 23.2. The standard InChI is InChI=1S/C25H40O6/c1-14(27)31-16-11-18-22(2)9-8-19(28)23(3,13-26)17(22)7-10-24(18,4)25(5)20(29)12-15(30-6)21(16)25/h15-18,20-21,26,29H,7-13H2,1-6H3. The van der Waals surface area contributed by atoms with E-state index in [-0.39, 0.29) is 59.2 Å². The van der Waals surface area contributed by atoms with E-state index < -0.39 is 16.9 Å². The van der Waals surface area contributed by atoms with Crippen molar-refractivity contribution in [2.45, 2.75) is 91.5 Å². The molecule has 4 fully saturated rings. The highest BCUT2D eigenvalue weighted by molar-refractivity contribution is 5.86. The van der Waals surface area contributed by atoms with E-state index in [9.17, 15) is 19.8 Å². The first-order valence-electron chi connectivity index (χ1n) is 11.9. The molecule has 0 saturated heterocycles.